The van der Waals surface area contributed by atoms with Crippen molar-refractivity contribution in [3.05, 3.63) is 28.7 Å². The number of sulfonamides is 1. The third-order valence-corrected chi connectivity index (χ3v) is 4.93. The molecule has 20 heavy (non-hydrogen) atoms. The Hall–Kier alpha value is -1.64. The number of hydrogen-bond donors (Lipinski definition) is 4. The van der Waals surface area contributed by atoms with Crippen LogP contribution >= 0.6 is 0 Å². The van der Waals surface area contributed by atoms with Crippen LogP contribution in [0.3, 0.4) is 0 Å². The smallest absolute Gasteiger partial charge is 0.315 e. The van der Waals surface area contributed by atoms with Crippen LogP contribution < -0.4 is 15.7 Å². The topological polar surface area (TPSA) is 107 Å². The first kappa shape index (κ1) is 13.3. The summed E-state index contributed by atoms with van der Waals surface area (Å²) in [4.78, 5) is 16.5. The van der Waals surface area contributed by atoms with E-state index in [0.717, 1.165) is 19.4 Å². The summed E-state index contributed by atoms with van der Waals surface area (Å²) in [7, 11) is -3.57. The number of benzene rings is 1. The summed E-state index contributed by atoms with van der Waals surface area (Å²) in [6.07, 6.45) is 1.78. The minimum absolute atomic E-state index is 0.0882. The molecule has 1 fully saturated rings. The number of hydrogen-bond acceptors (Lipinski definition) is 4. The fourth-order valence-electron chi connectivity index (χ4n) is 2.42. The van der Waals surface area contributed by atoms with Gasteiger partial charge in [0.2, 0.25) is 10.0 Å². The molecule has 8 heteroatoms. The van der Waals surface area contributed by atoms with Crippen molar-refractivity contribution in [2.75, 3.05) is 13.1 Å². The SMILES string of the molecule is O=c1[nH]c2ccc(S(=O)(=O)N[C@H]3CCCNC3)cc2[nH]1. The first-order valence-corrected chi connectivity index (χ1v) is 7.98. The first-order chi connectivity index (χ1) is 9.54. The Morgan fingerprint density at radius 1 is 1.20 bits per heavy atom. The van der Waals surface area contributed by atoms with E-state index in [1.165, 1.54) is 12.1 Å². The van der Waals surface area contributed by atoms with Gasteiger partial charge in [-0.15, -0.1) is 0 Å². The summed E-state index contributed by atoms with van der Waals surface area (Å²) in [6, 6.07) is 4.45. The Bertz CT molecular complexity index is 771. The molecule has 2 heterocycles. The molecule has 108 valence electrons. The molecule has 0 unspecified atom stereocenters. The molecular weight excluding hydrogens is 280 g/mol. The quantitative estimate of drug-likeness (QED) is 0.634. The molecule has 1 atom stereocenters. The third kappa shape index (κ3) is 2.62. The molecule has 1 aromatic carbocycles. The highest BCUT2D eigenvalue weighted by Gasteiger charge is 2.22. The number of aromatic amines is 2. The molecule has 0 saturated carbocycles. The van der Waals surface area contributed by atoms with Crippen LogP contribution in [0, 0.1) is 0 Å². The van der Waals surface area contributed by atoms with Gasteiger partial charge in [-0.05, 0) is 37.6 Å². The van der Waals surface area contributed by atoms with Gasteiger partial charge in [-0.2, -0.15) is 0 Å². The van der Waals surface area contributed by atoms with Crippen LogP contribution in [0.25, 0.3) is 11.0 Å². The van der Waals surface area contributed by atoms with Crippen LogP contribution in [-0.4, -0.2) is 37.5 Å². The average molecular weight is 296 g/mol. The molecule has 0 radical (unpaired) electrons. The number of rotatable bonds is 3. The molecule has 0 amide bonds. The largest absolute Gasteiger partial charge is 0.323 e. The van der Waals surface area contributed by atoms with Crippen molar-refractivity contribution in [3.8, 4) is 0 Å². The van der Waals surface area contributed by atoms with Crippen molar-refractivity contribution < 1.29 is 8.42 Å². The van der Waals surface area contributed by atoms with Crippen molar-refractivity contribution in [3.63, 3.8) is 0 Å². The molecule has 0 bridgehead atoms. The minimum Gasteiger partial charge on any atom is -0.315 e. The van der Waals surface area contributed by atoms with Crippen molar-refractivity contribution in [1.29, 1.82) is 0 Å². The van der Waals surface area contributed by atoms with E-state index >= 15 is 0 Å². The summed E-state index contributed by atoms with van der Waals surface area (Å²) >= 11 is 0. The van der Waals surface area contributed by atoms with Crippen LogP contribution in [0.5, 0.6) is 0 Å². The highest BCUT2D eigenvalue weighted by molar-refractivity contribution is 7.89. The predicted molar refractivity (Wildman–Crippen MR) is 75.1 cm³/mol. The predicted octanol–water partition coefficient (Wildman–Crippen LogP) is -0.113. The van der Waals surface area contributed by atoms with E-state index in [9.17, 15) is 13.2 Å². The zero-order valence-electron chi connectivity index (χ0n) is 10.8. The fraction of sp³-hybridized carbons (Fsp3) is 0.417. The lowest BCUT2D eigenvalue weighted by Gasteiger charge is -2.23. The van der Waals surface area contributed by atoms with E-state index in [-0.39, 0.29) is 16.6 Å². The Morgan fingerprint density at radius 3 is 2.75 bits per heavy atom. The summed E-state index contributed by atoms with van der Waals surface area (Å²) in [5, 5.41) is 3.16. The zero-order chi connectivity index (χ0) is 14.2. The molecular formula is C12H16N4O3S. The van der Waals surface area contributed by atoms with Crippen molar-refractivity contribution in [1.82, 2.24) is 20.0 Å². The van der Waals surface area contributed by atoms with Gasteiger partial charge in [-0.3, -0.25) is 0 Å². The molecule has 1 aliphatic heterocycles. The second-order valence-electron chi connectivity index (χ2n) is 4.95. The number of H-pyrrole nitrogens is 2. The standard InChI is InChI=1S/C12H16N4O3S/c17-12-14-10-4-3-9(6-11(10)15-12)20(18,19)16-8-2-1-5-13-7-8/h3-4,6,8,13,16H,1-2,5,7H2,(H2,14,15,17)/t8-/m0/s1. The van der Waals surface area contributed by atoms with Crippen LogP contribution in [-0.2, 0) is 10.0 Å². The molecule has 1 aliphatic rings. The van der Waals surface area contributed by atoms with Crippen molar-refractivity contribution in [2.45, 2.75) is 23.8 Å². The molecule has 0 spiro atoms. The van der Waals surface area contributed by atoms with E-state index in [0.29, 0.717) is 17.6 Å². The van der Waals surface area contributed by atoms with E-state index in [4.69, 9.17) is 0 Å². The second kappa shape index (κ2) is 5.04. The van der Waals surface area contributed by atoms with Crippen molar-refractivity contribution >= 4 is 21.1 Å². The number of nitrogens with one attached hydrogen (secondary N) is 4. The summed E-state index contributed by atoms with van der Waals surface area (Å²) in [5.41, 5.74) is 0.729. The summed E-state index contributed by atoms with van der Waals surface area (Å²) < 4.78 is 27.3. The Labute approximate surface area is 115 Å². The highest BCUT2D eigenvalue weighted by atomic mass is 32.2. The molecule has 2 aromatic rings. The number of imidazole rings is 1. The van der Waals surface area contributed by atoms with Gasteiger partial charge < -0.3 is 15.3 Å². The molecule has 7 nitrogen and oxygen atoms in total. The average Bonchev–Trinajstić information content (AvgIpc) is 2.78. The fourth-order valence-corrected chi connectivity index (χ4v) is 3.71. The van der Waals surface area contributed by atoms with Gasteiger partial charge >= 0.3 is 5.69 Å². The maximum atomic E-state index is 12.3. The van der Waals surface area contributed by atoms with Crippen LogP contribution in [0.2, 0.25) is 0 Å². The lowest BCUT2D eigenvalue weighted by atomic mass is 10.1. The van der Waals surface area contributed by atoms with Crippen molar-refractivity contribution in [2.24, 2.45) is 0 Å². The molecule has 1 aromatic heterocycles. The van der Waals surface area contributed by atoms with Gasteiger partial charge in [0.15, 0.2) is 0 Å². The third-order valence-electron chi connectivity index (χ3n) is 3.42. The molecule has 3 rings (SSSR count). The van der Waals surface area contributed by atoms with Gasteiger partial charge in [0, 0.05) is 12.6 Å². The Balaban J connectivity index is 1.89. The lowest BCUT2D eigenvalue weighted by molar-refractivity contribution is 0.428. The number of piperidine rings is 1. The van der Waals surface area contributed by atoms with Gasteiger partial charge in [0.05, 0.1) is 15.9 Å². The van der Waals surface area contributed by atoms with Crippen LogP contribution in [0.15, 0.2) is 27.9 Å². The minimum atomic E-state index is -3.57. The molecule has 1 saturated heterocycles. The monoisotopic (exact) mass is 296 g/mol. The first-order valence-electron chi connectivity index (χ1n) is 6.50. The van der Waals surface area contributed by atoms with E-state index in [1.807, 2.05) is 0 Å². The molecule has 4 N–H and O–H groups in total. The van der Waals surface area contributed by atoms with Gasteiger partial charge in [-0.1, -0.05) is 0 Å². The summed E-state index contributed by atoms with van der Waals surface area (Å²) in [5.74, 6) is 0. The number of aromatic nitrogens is 2. The van der Waals surface area contributed by atoms with Crippen LogP contribution in [0.4, 0.5) is 0 Å². The van der Waals surface area contributed by atoms with Gasteiger partial charge in [0.25, 0.3) is 0 Å². The van der Waals surface area contributed by atoms with E-state index < -0.39 is 10.0 Å². The molecule has 0 aliphatic carbocycles. The number of fused-ring (bicyclic) bond motifs is 1. The van der Waals surface area contributed by atoms with Crippen LogP contribution in [0.1, 0.15) is 12.8 Å². The zero-order valence-corrected chi connectivity index (χ0v) is 11.6. The van der Waals surface area contributed by atoms with Gasteiger partial charge in [0.1, 0.15) is 0 Å². The van der Waals surface area contributed by atoms with E-state index in [1.54, 1.807) is 6.07 Å². The lowest BCUT2D eigenvalue weighted by Crippen LogP contribution is -2.45. The second-order valence-corrected chi connectivity index (χ2v) is 6.67. The highest BCUT2D eigenvalue weighted by Crippen LogP contribution is 2.16. The maximum Gasteiger partial charge on any atom is 0.323 e. The Kier molecular flexibility index (Phi) is 3.36. The Morgan fingerprint density at radius 2 is 2.00 bits per heavy atom. The summed E-state index contributed by atoms with van der Waals surface area (Å²) in [6.45, 7) is 1.57. The normalized spacial score (nSPS) is 20.3. The van der Waals surface area contributed by atoms with Gasteiger partial charge in [-0.25, -0.2) is 17.9 Å². The maximum absolute atomic E-state index is 12.3. The van der Waals surface area contributed by atoms with E-state index in [2.05, 4.69) is 20.0 Å².